The van der Waals surface area contributed by atoms with Crippen molar-refractivity contribution in [3.8, 4) is 0 Å². The Hall–Kier alpha value is -2.67. The lowest BCUT2D eigenvalue weighted by atomic mass is 10.1. The third-order valence-electron chi connectivity index (χ3n) is 3.95. The summed E-state index contributed by atoms with van der Waals surface area (Å²) in [5, 5.41) is 3.80. The molecule has 3 aromatic rings. The first kappa shape index (κ1) is 15.2. The van der Waals surface area contributed by atoms with Crippen molar-refractivity contribution in [1.82, 2.24) is 14.5 Å². The van der Waals surface area contributed by atoms with Crippen LogP contribution in [0.5, 0.6) is 0 Å². The number of benzene rings is 1. The zero-order chi connectivity index (χ0) is 16.6. The van der Waals surface area contributed by atoms with E-state index in [2.05, 4.69) is 34.3 Å². The molecule has 0 saturated carbocycles. The largest absolute Gasteiger partial charge is 0.389 e. The zero-order valence-electron chi connectivity index (χ0n) is 13.0. The SMILES string of the molecule is CNc1ncnc2c1c(C(N)=S)c(N)n2Cc1ccccc1C. The lowest BCUT2D eigenvalue weighted by molar-refractivity contribution is 0.828. The third kappa shape index (κ3) is 2.49. The van der Waals surface area contributed by atoms with Crippen molar-refractivity contribution < 1.29 is 0 Å². The number of aryl methyl sites for hydroxylation is 1. The van der Waals surface area contributed by atoms with Gasteiger partial charge in [-0.25, -0.2) is 9.97 Å². The van der Waals surface area contributed by atoms with Gasteiger partial charge in [0, 0.05) is 7.05 Å². The minimum Gasteiger partial charge on any atom is -0.389 e. The number of nitrogens with one attached hydrogen (secondary N) is 1. The lowest BCUT2D eigenvalue weighted by Gasteiger charge is -2.10. The number of thiocarbonyl (C=S) groups is 1. The smallest absolute Gasteiger partial charge is 0.148 e. The summed E-state index contributed by atoms with van der Waals surface area (Å²) < 4.78 is 1.93. The van der Waals surface area contributed by atoms with Crippen LogP contribution in [0.25, 0.3) is 11.0 Å². The summed E-state index contributed by atoms with van der Waals surface area (Å²) in [6, 6.07) is 8.16. The Labute approximate surface area is 139 Å². The van der Waals surface area contributed by atoms with Gasteiger partial charge in [-0.3, -0.25) is 0 Å². The summed E-state index contributed by atoms with van der Waals surface area (Å²) in [6.45, 7) is 2.66. The molecule has 2 heterocycles. The van der Waals surface area contributed by atoms with E-state index in [1.54, 1.807) is 7.05 Å². The molecule has 118 valence electrons. The van der Waals surface area contributed by atoms with Crippen LogP contribution in [0.2, 0.25) is 0 Å². The summed E-state index contributed by atoms with van der Waals surface area (Å²) in [7, 11) is 1.79. The van der Waals surface area contributed by atoms with Crippen molar-refractivity contribution in [3.05, 3.63) is 47.3 Å². The first-order chi connectivity index (χ1) is 11.0. The minimum atomic E-state index is 0.238. The summed E-state index contributed by atoms with van der Waals surface area (Å²) >= 11 is 5.19. The predicted octanol–water partition coefficient (Wildman–Crippen LogP) is 2.05. The maximum Gasteiger partial charge on any atom is 0.148 e. The van der Waals surface area contributed by atoms with Crippen LogP contribution in [-0.2, 0) is 6.54 Å². The molecule has 7 heteroatoms. The number of nitrogens with two attached hydrogens (primary N) is 2. The second kappa shape index (κ2) is 5.85. The van der Waals surface area contributed by atoms with Gasteiger partial charge < -0.3 is 21.4 Å². The van der Waals surface area contributed by atoms with E-state index in [1.165, 1.54) is 11.9 Å². The van der Waals surface area contributed by atoms with Gasteiger partial charge in [-0.1, -0.05) is 36.5 Å². The average Bonchev–Trinajstić information content (AvgIpc) is 2.82. The summed E-state index contributed by atoms with van der Waals surface area (Å²) in [5.74, 6) is 1.17. The van der Waals surface area contributed by atoms with Crippen LogP contribution in [0.3, 0.4) is 0 Å². The fourth-order valence-corrected chi connectivity index (χ4v) is 2.95. The number of nitrogen functional groups attached to an aromatic ring is 1. The van der Waals surface area contributed by atoms with E-state index in [-0.39, 0.29) is 4.99 Å². The standard InChI is InChI=1S/C16H18N6S/c1-9-5-3-4-6-10(9)7-22-13(17)11(14(18)23)12-15(19-2)20-8-21-16(12)22/h3-6,8H,7,17H2,1-2H3,(H2,18,23)(H,19,20,21). The monoisotopic (exact) mass is 326 g/mol. The molecule has 0 fully saturated rings. The van der Waals surface area contributed by atoms with Crippen LogP contribution in [0.15, 0.2) is 30.6 Å². The molecule has 0 atom stereocenters. The molecule has 6 nitrogen and oxygen atoms in total. The molecule has 0 amide bonds. The van der Waals surface area contributed by atoms with Crippen molar-refractivity contribution >= 4 is 39.9 Å². The van der Waals surface area contributed by atoms with Gasteiger partial charge in [0.15, 0.2) is 0 Å². The first-order valence-electron chi connectivity index (χ1n) is 7.19. The van der Waals surface area contributed by atoms with Crippen molar-refractivity contribution in [2.75, 3.05) is 18.1 Å². The Morgan fingerprint density at radius 1 is 1.30 bits per heavy atom. The maximum atomic E-state index is 6.34. The number of hydrogen-bond acceptors (Lipinski definition) is 5. The van der Waals surface area contributed by atoms with E-state index in [9.17, 15) is 0 Å². The van der Waals surface area contributed by atoms with Crippen molar-refractivity contribution in [2.24, 2.45) is 5.73 Å². The molecule has 0 bridgehead atoms. The van der Waals surface area contributed by atoms with Gasteiger partial charge in [0.25, 0.3) is 0 Å². The Kier molecular flexibility index (Phi) is 3.87. The summed E-state index contributed by atoms with van der Waals surface area (Å²) in [4.78, 5) is 8.88. The molecule has 0 radical (unpaired) electrons. The van der Waals surface area contributed by atoms with E-state index in [0.29, 0.717) is 29.4 Å². The molecule has 0 aliphatic rings. The third-order valence-corrected chi connectivity index (χ3v) is 4.16. The molecule has 3 rings (SSSR count). The molecule has 0 aliphatic carbocycles. The predicted molar refractivity (Wildman–Crippen MR) is 97.7 cm³/mol. The minimum absolute atomic E-state index is 0.238. The number of aromatic nitrogens is 3. The van der Waals surface area contributed by atoms with E-state index in [4.69, 9.17) is 23.7 Å². The van der Waals surface area contributed by atoms with Gasteiger partial charge in [0.2, 0.25) is 0 Å². The topological polar surface area (TPSA) is 94.8 Å². The van der Waals surface area contributed by atoms with E-state index >= 15 is 0 Å². The Morgan fingerprint density at radius 3 is 2.70 bits per heavy atom. The quantitative estimate of drug-likeness (QED) is 0.635. The maximum absolute atomic E-state index is 6.34. The van der Waals surface area contributed by atoms with Crippen LogP contribution in [-0.4, -0.2) is 26.6 Å². The van der Waals surface area contributed by atoms with Crippen LogP contribution < -0.4 is 16.8 Å². The van der Waals surface area contributed by atoms with Crippen LogP contribution >= 0.6 is 12.2 Å². The van der Waals surface area contributed by atoms with Crippen LogP contribution in [0, 0.1) is 6.92 Å². The Morgan fingerprint density at radius 2 is 2.04 bits per heavy atom. The number of hydrogen-bond donors (Lipinski definition) is 3. The molecule has 0 unspecified atom stereocenters. The highest BCUT2D eigenvalue weighted by Gasteiger charge is 2.21. The number of nitrogens with zero attached hydrogens (tertiary/aromatic N) is 3. The molecule has 0 saturated heterocycles. The lowest BCUT2D eigenvalue weighted by Crippen LogP contribution is -2.13. The zero-order valence-corrected chi connectivity index (χ0v) is 13.8. The molecule has 0 spiro atoms. The molecule has 2 aromatic heterocycles. The van der Waals surface area contributed by atoms with Crippen LogP contribution in [0.1, 0.15) is 16.7 Å². The van der Waals surface area contributed by atoms with Crippen molar-refractivity contribution in [1.29, 1.82) is 0 Å². The fraction of sp³-hybridized carbons (Fsp3) is 0.188. The molecule has 1 aromatic carbocycles. The number of rotatable bonds is 4. The normalized spacial score (nSPS) is 10.9. The summed E-state index contributed by atoms with van der Waals surface area (Å²) in [5.41, 5.74) is 15.9. The number of anilines is 2. The molecular weight excluding hydrogens is 308 g/mol. The van der Waals surface area contributed by atoms with E-state index < -0.39 is 0 Å². The molecule has 0 aliphatic heterocycles. The van der Waals surface area contributed by atoms with Gasteiger partial charge >= 0.3 is 0 Å². The van der Waals surface area contributed by atoms with E-state index in [0.717, 1.165) is 10.9 Å². The highest BCUT2D eigenvalue weighted by molar-refractivity contribution is 7.80. The second-order valence-corrected chi connectivity index (χ2v) is 5.75. The van der Waals surface area contributed by atoms with Gasteiger partial charge in [-0.2, -0.15) is 0 Å². The summed E-state index contributed by atoms with van der Waals surface area (Å²) in [6.07, 6.45) is 1.51. The molecular formula is C16H18N6S. The van der Waals surface area contributed by atoms with E-state index in [1.807, 2.05) is 16.7 Å². The van der Waals surface area contributed by atoms with Gasteiger partial charge in [0.05, 0.1) is 17.5 Å². The van der Waals surface area contributed by atoms with Crippen molar-refractivity contribution in [3.63, 3.8) is 0 Å². The van der Waals surface area contributed by atoms with Gasteiger partial charge in [0.1, 0.15) is 28.6 Å². The molecule has 23 heavy (non-hydrogen) atoms. The average molecular weight is 326 g/mol. The number of fused-ring (bicyclic) bond motifs is 1. The molecule has 5 N–H and O–H groups in total. The second-order valence-electron chi connectivity index (χ2n) is 5.31. The Balaban J connectivity index is 2.27. The highest BCUT2D eigenvalue weighted by Crippen LogP contribution is 2.32. The van der Waals surface area contributed by atoms with Gasteiger partial charge in [-0.15, -0.1) is 0 Å². The Bertz CT molecular complexity index is 899. The van der Waals surface area contributed by atoms with Crippen molar-refractivity contribution in [2.45, 2.75) is 13.5 Å². The van der Waals surface area contributed by atoms with Gasteiger partial charge in [-0.05, 0) is 18.1 Å². The fourth-order valence-electron chi connectivity index (χ4n) is 2.75. The highest BCUT2D eigenvalue weighted by atomic mass is 32.1. The van der Waals surface area contributed by atoms with Crippen LogP contribution in [0.4, 0.5) is 11.6 Å². The first-order valence-corrected chi connectivity index (χ1v) is 7.60.